The SMILES string of the molecule is Cc1ccc2[nH]c(=O)c(-c3noc(CCC(=O)N4CCCCC4C)n3)cc2c1. The molecule has 7 nitrogen and oxygen atoms in total. The number of H-pyrrole nitrogens is 1. The third-order valence-corrected chi connectivity index (χ3v) is 5.38. The van der Waals surface area contributed by atoms with Crippen molar-refractivity contribution in [2.75, 3.05) is 6.54 Å². The minimum absolute atomic E-state index is 0.117. The molecule has 4 rings (SSSR count). The van der Waals surface area contributed by atoms with E-state index in [0.717, 1.165) is 35.9 Å². The highest BCUT2D eigenvalue weighted by molar-refractivity contribution is 5.83. The molecule has 1 amide bonds. The molecule has 0 saturated carbocycles. The molecule has 2 aromatic heterocycles. The van der Waals surface area contributed by atoms with Crippen LogP contribution >= 0.6 is 0 Å². The molecule has 28 heavy (non-hydrogen) atoms. The average Bonchev–Trinajstić information content (AvgIpc) is 3.15. The topological polar surface area (TPSA) is 92.1 Å². The fourth-order valence-electron chi connectivity index (χ4n) is 3.78. The molecule has 1 N–H and O–H groups in total. The van der Waals surface area contributed by atoms with Gasteiger partial charge < -0.3 is 14.4 Å². The number of hydrogen-bond donors (Lipinski definition) is 1. The fraction of sp³-hybridized carbons (Fsp3) is 0.429. The standard InChI is InChI=1S/C21H24N4O3/c1-13-6-7-17-15(11-13)12-16(21(27)22-17)20-23-18(28-24-20)8-9-19(26)25-10-4-3-5-14(25)2/h6-7,11-12,14H,3-5,8-10H2,1-2H3,(H,22,27). The predicted molar refractivity (Wildman–Crippen MR) is 106 cm³/mol. The summed E-state index contributed by atoms with van der Waals surface area (Å²) in [4.78, 5) is 34.0. The second-order valence-electron chi connectivity index (χ2n) is 7.55. The molecule has 1 atom stereocenters. The van der Waals surface area contributed by atoms with Gasteiger partial charge in [0.25, 0.3) is 5.56 Å². The van der Waals surface area contributed by atoms with Gasteiger partial charge in [-0.3, -0.25) is 9.59 Å². The van der Waals surface area contributed by atoms with E-state index in [9.17, 15) is 9.59 Å². The maximum Gasteiger partial charge on any atom is 0.259 e. The summed E-state index contributed by atoms with van der Waals surface area (Å²) in [5.74, 6) is 0.737. The number of aromatic amines is 1. The van der Waals surface area contributed by atoms with Crippen molar-refractivity contribution in [3.05, 3.63) is 46.1 Å². The molecule has 1 aliphatic heterocycles. The van der Waals surface area contributed by atoms with Gasteiger partial charge in [-0.05, 0) is 56.7 Å². The molecule has 1 saturated heterocycles. The van der Waals surface area contributed by atoms with E-state index in [4.69, 9.17) is 4.52 Å². The van der Waals surface area contributed by atoms with Crippen molar-refractivity contribution < 1.29 is 9.32 Å². The Morgan fingerprint density at radius 2 is 2.18 bits per heavy atom. The van der Waals surface area contributed by atoms with Crippen LogP contribution in [0.25, 0.3) is 22.3 Å². The lowest BCUT2D eigenvalue weighted by Gasteiger charge is -2.33. The normalized spacial score (nSPS) is 17.2. The van der Waals surface area contributed by atoms with Gasteiger partial charge in [-0.2, -0.15) is 4.98 Å². The number of carbonyl (C=O) groups is 1. The Hall–Kier alpha value is -2.96. The van der Waals surface area contributed by atoms with Crippen LogP contribution in [0, 0.1) is 6.92 Å². The summed E-state index contributed by atoms with van der Waals surface area (Å²) in [5, 5.41) is 4.86. The number of carbonyl (C=O) groups excluding carboxylic acids is 1. The number of fused-ring (bicyclic) bond motifs is 1. The molecule has 7 heteroatoms. The van der Waals surface area contributed by atoms with E-state index >= 15 is 0 Å². The number of hydrogen-bond acceptors (Lipinski definition) is 5. The van der Waals surface area contributed by atoms with Gasteiger partial charge in [0.05, 0.1) is 5.56 Å². The van der Waals surface area contributed by atoms with E-state index in [0.29, 0.717) is 30.3 Å². The number of aromatic nitrogens is 3. The first kappa shape index (κ1) is 18.4. The van der Waals surface area contributed by atoms with Gasteiger partial charge in [-0.1, -0.05) is 16.8 Å². The first-order chi connectivity index (χ1) is 13.5. The van der Waals surface area contributed by atoms with E-state index in [2.05, 4.69) is 22.0 Å². The average molecular weight is 380 g/mol. The highest BCUT2D eigenvalue weighted by Crippen LogP contribution is 2.20. The van der Waals surface area contributed by atoms with Crippen molar-refractivity contribution >= 4 is 16.8 Å². The summed E-state index contributed by atoms with van der Waals surface area (Å²) in [7, 11) is 0. The molecular formula is C21H24N4O3. The van der Waals surface area contributed by atoms with Gasteiger partial charge in [0.2, 0.25) is 17.6 Å². The maximum atomic E-state index is 12.5. The molecule has 1 unspecified atom stereocenters. The van der Waals surface area contributed by atoms with Crippen LogP contribution in [0.15, 0.2) is 33.6 Å². The molecule has 0 radical (unpaired) electrons. The van der Waals surface area contributed by atoms with Crippen LogP contribution in [0.2, 0.25) is 0 Å². The molecule has 0 bridgehead atoms. The first-order valence-corrected chi connectivity index (χ1v) is 9.77. The Bertz CT molecular complexity index is 1070. The van der Waals surface area contributed by atoms with Gasteiger partial charge >= 0.3 is 0 Å². The van der Waals surface area contributed by atoms with Crippen LogP contribution in [-0.4, -0.2) is 38.5 Å². The van der Waals surface area contributed by atoms with Crippen molar-refractivity contribution in [2.24, 2.45) is 0 Å². The summed E-state index contributed by atoms with van der Waals surface area (Å²) in [5.41, 5.74) is 1.97. The zero-order valence-corrected chi connectivity index (χ0v) is 16.2. The zero-order valence-electron chi connectivity index (χ0n) is 16.2. The molecule has 0 spiro atoms. The monoisotopic (exact) mass is 380 g/mol. The Kier molecular flexibility index (Phi) is 4.98. The van der Waals surface area contributed by atoms with Gasteiger partial charge in [0.15, 0.2) is 0 Å². The smallest absolute Gasteiger partial charge is 0.259 e. The van der Waals surface area contributed by atoms with E-state index in [1.54, 1.807) is 6.07 Å². The molecule has 146 valence electrons. The molecule has 3 heterocycles. The third kappa shape index (κ3) is 3.69. The van der Waals surface area contributed by atoms with E-state index in [-0.39, 0.29) is 17.3 Å². The van der Waals surface area contributed by atoms with Gasteiger partial charge in [0.1, 0.15) is 0 Å². The van der Waals surface area contributed by atoms with Crippen LogP contribution in [0.1, 0.15) is 44.1 Å². The Labute approximate surface area is 162 Å². The molecule has 1 aliphatic rings. The number of benzene rings is 1. The Balaban J connectivity index is 1.50. The highest BCUT2D eigenvalue weighted by atomic mass is 16.5. The molecular weight excluding hydrogens is 356 g/mol. The van der Waals surface area contributed by atoms with Gasteiger partial charge in [-0.15, -0.1) is 0 Å². The number of nitrogens with zero attached hydrogens (tertiary/aromatic N) is 3. The van der Waals surface area contributed by atoms with E-state index in [1.807, 2.05) is 30.0 Å². The van der Waals surface area contributed by atoms with Gasteiger partial charge in [0, 0.05) is 30.9 Å². The van der Waals surface area contributed by atoms with Crippen LogP contribution in [0.4, 0.5) is 0 Å². The van der Waals surface area contributed by atoms with Crippen LogP contribution in [0.3, 0.4) is 0 Å². The molecule has 0 aliphatic carbocycles. The Morgan fingerprint density at radius 3 is 3.00 bits per heavy atom. The minimum Gasteiger partial charge on any atom is -0.340 e. The summed E-state index contributed by atoms with van der Waals surface area (Å²) in [6, 6.07) is 7.89. The van der Waals surface area contributed by atoms with E-state index < -0.39 is 0 Å². The van der Waals surface area contributed by atoms with Crippen LogP contribution in [-0.2, 0) is 11.2 Å². The van der Waals surface area contributed by atoms with Crippen molar-refractivity contribution in [1.29, 1.82) is 0 Å². The number of nitrogens with one attached hydrogen (secondary N) is 1. The fourth-order valence-corrected chi connectivity index (χ4v) is 3.78. The van der Waals surface area contributed by atoms with E-state index in [1.165, 1.54) is 6.42 Å². The zero-order chi connectivity index (χ0) is 19.7. The molecule has 3 aromatic rings. The lowest BCUT2D eigenvalue weighted by molar-refractivity contribution is -0.134. The second kappa shape index (κ2) is 7.58. The summed E-state index contributed by atoms with van der Waals surface area (Å²) in [6.45, 7) is 4.91. The number of piperidine rings is 1. The van der Waals surface area contributed by atoms with Crippen molar-refractivity contribution in [2.45, 2.75) is 52.0 Å². The summed E-state index contributed by atoms with van der Waals surface area (Å²) < 4.78 is 5.29. The van der Waals surface area contributed by atoms with Gasteiger partial charge in [-0.25, -0.2) is 0 Å². The quantitative estimate of drug-likeness (QED) is 0.750. The number of pyridine rings is 1. The predicted octanol–water partition coefficient (Wildman–Crippen LogP) is 3.22. The van der Waals surface area contributed by atoms with Crippen LogP contribution in [0.5, 0.6) is 0 Å². The minimum atomic E-state index is -0.262. The summed E-state index contributed by atoms with van der Waals surface area (Å²) >= 11 is 0. The lowest BCUT2D eigenvalue weighted by Crippen LogP contribution is -2.42. The summed E-state index contributed by atoms with van der Waals surface area (Å²) in [6.07, 6.45) is 4.00. The van der Waals surface area contributed by atoms with Crippen molar-refractivity contribution in [3.8, 4) is 11.4 Å². The number of aryl methyl sites for hydroxylation is 2. The molecule has 1 fully saturated rings. The largest absolute Gasteiger partial charge is 0.340 e. The first-order valence-electron chi connectivity index (χ1n) is 9.77. The van der Waals surface area contributed by atoms with Crippen molar-refractivity contribution in [3.63, 3.8) is 0 Å². The third-order valence-electron chi connectivity index (χ3n) is 5.38. The maximum absolute atomic E-state index is 12.5. The number of rotatable bonds is 4. The highest BCUT2D eigenvalue weighted by Gasteiger charge is 2.23. The number of likely N-dealkylation sites (tertiary alicyclic amines) is 1. The molecule has 1 aromatic carbocycles. The van der Waals surface area contributed by atoms with Crippen LogP contribution < -0.4 is 5.56 Å². The number of amides is 1. The lowest BCUT2D eigenvalue weighted by atomic mass is 10.0. The Morgan fingerprint density at radius 1 is 1.32 bits per heavy atom. The van der Waals surface area contributed by atoms with Crippen molar-refractivity contribution in [1.82, 2.24) is 20.0 Å². The second-order valence-corrected chi connectivity index (χ2v) is 7.55.